The van der Waals surface area contributed by atoms with Gasteiger partial charge in [-0.3, -0.25) is 14.4 Å². The quantitative estimate of drug-likeness (QED) is 0.646. The lowest BCUT2D eigenvalue weighted by Crippen LogP contribution is -2.53. The molecule has 0 heterocycles. The Kier molecular flexibility index (Phi) is 8.73. The van der Waals surface area contributed by atoms with Crippen LogP contribution in [0.25, 0.3) is 0 Å². The number of rotatable bonds is 9. The Hall–Kier alpha value is -3.22. The molecule has 2 aromatic carbocycles. The van der Waals surface area contributed by atoms with Gasteiger partial charge in [0, 0.05) is 18.7 Å². The maximum atomic E-state index is 13.1. The van der Waals surface area contributed by atoms with E-state index in [0.717, 1.165) is 11.1 Å². The van der Waals surface area contributed by atoms with Crippen molar-refractivity contribution in [1.29, 1.82) is 0 Å². The lowest BCUT2D eigenvalue weighted by Gasteiger charge is -2.29. The van der Waals surface area contributed by atoms with Gasteiger partial charge in [0.1, 0.15) is 11.9 Å². The minimum Gasteiger partial charge on any atom is -0.350 e. The molecule has 3 amide bonds. The monoisotopic (exact) mass is 427 g/mol. The first-order valence-corrected chi connectivity index (χ1v) is 10.4. The summed E-state index contributed by atoms with van der Waals surface area (Å²) in [6.45, 7) is 7.76. The summed E-state index contributed by atoms with van der Waals surface area (Å²) in [6, 6.07) is 12.3. The molecular weight excluding hydrogens is 397 g/mol. The third-order valence-electron chi connectivity index (χ3n) is 5.04. The molecule has 1 atom stereocenters. The Morgan fingerprint density at radius 1 is 1.03 bits per heavy atom. The van der Waals surface area contributed by atoms with Gasteiger partial charge in [0.15, 0.2) is 0 Å². The molecule has 166 valence electrons. The normalized spacial score (nSPS) is 11.7. The first-order chi connectivity index (χ1) is 14.7. The molecule has 0 aromatic heterocycles. The van der Waals surface area contributed by atoms with Gasteiger partial charge < -0.3 is 15.5 Å². The van der Waals surface area contributed by atoms with Crippen LogP contribution in [0.3, 0.4) is 0 Å². The molecule has 7 heteroatoms. The third kappa shape index (κ3) is 6.91. The number of nitrogens with zero attached hydrogens (tertiary/aromatic N) is 1. The van der Waals surface area contributed by atoms with E-state index in [2.05, 4.69) is 10.6 Å². The maximum Gasteiger partial charge on any atom is 0.252 e. The maximum absolute atomic E-state index is 13.1. The molecule has 2 rings (SSSR count). The van der Waals surface area contributed by atoms with Crippen molar-refractivity contribution in [2.75, 3.05) is 13.1 Å². The summed E-state index contributed by atoms with van der Waals surface area (Å²) in [4.78, 5) is 39.6. The first kappa shape index (κ1) is 24.1. The van der Waals surface area contributed by atoms with Crippen LogP contribution in [-0.2, 0) is 16.1 Å². The van der Waals surface area contributed by atoms with Crippen molar-refractivity contribution in [3.63, 3.8) is 0 Å². The van der Waals surface area contributed by atoms with E-state index in [4.69, 9.17) is 0 Å². The first-order valence-electron chi connectivity index (χ1n) is 10.4. The van der Waals surface area contributed by atoms with Crippen molar-refractivity contribution >= 4 is 17.7 Å². The summed E-state index contributed by atoms with van der Waals surface area (Å²) in [5, 5.41) is 5.56. The van der Waals surface area contributed by atoms with Gasteiger partial charge in [-0.15, -0.1) is 0 Å². The van der Waals surface area contributed by atoms with Crippen molar-refractivity contribution in [2.45, 2.75) is 40.3 Å². The minimum atomic E-state index is -0.753. The smallest absolute Gasteiger partial charge is 0.252 e. The van der Waals surface area contributed by atoms with E-state index >= 15 is 0 Å². The molecule has 2 aromatic rings. The molecular formula is C24H30FN3O3. The van der Waals surface area contributed by atoms with Crippen LogP contribution >= 0.6 is 0 Å². The minimum absolute atomic E-state index is 0.125. The van der Waals surface area contributed by atoms with Crippen LogP contribution in [0.2, 0.25) is 0 Å². The number of carbonyl (C=O) groups is 3. The van der Waals surface area contributed by atoms with Crippen LogP contribution in [0.1, 0.15) is 42.3 Å². The lowest BCUT2D eigenvalue weighted by atomic mass is 10.0. The fourth-order valence-electron chi connectivity index (χ4n) is 3.13. The second-order valence-electron chi connectivity index (χ2n) is 7.77. The zero-order valence-electron chi connectivity index (χ0n) is 18.4. The highest BCUT2D eigenvalue weighted by atomic mass is 19.1. The van der Waals surface area contributed by atoms with E-state index in [9.17, 15) is 18.8 Å². The number of hydrogen-bond acceptors (Lipinski definition) is 3. The molecule has 0 aliphatic rings. The molecule has 0 saturated heterocycles. The van der Waals surface area contributed by atoms with Gasteiger partial charge in [-0.25, -0.2) is 4.39 Å². The lowest BCUT2D eigenvalue weighted by molar-refractivity contribution is -0.138. The molecule has 0 fully saturated rings. The van der Waals surface area contributed by atoms with E-state index in [-0.39, 0.29) is 42.5 Å². The second kappa shape index (κ2) is 11.2. The van der Waals surface area contributed by atoms with Crippen molar-refractivity contribution in [1.82, 2.24) is 15.5 Å². The topological polar surface area (TPSA) is 78.5 Å². The van der Waals surface area contributed by atoms with Crippen LogP contribution in [-0.4, -0.2) is 41.8 Å². The number of aryl methyl sites for hydroxylation is 1. The predicted octanol–water partition coefficient (Wildman–Crippen LogP) is 3.05. The molecule has 1 unspecified atom stereocenters. The second-order valence-corrected chi connectivity index (χ2v) is 7.77. The van der Waals surface area contributed by atoms with Gasteiger partial charge >= 0.3 is 0 Å². The molecule has 31 heavy (non-hydrogen) atoms. The number of benzene rings is 2. The number of likely N-dealkylation sites (N-methyl/N-ethyl adjacent to an activating group) is 1. The molecule has 0 aliphatic carbocycles. The Labute approximate surface area is 182 Å². The highest BCUT2D eigenvalue weighted by Gasteiger charge is 2.29. The average Bonchev–Trinajstić information content (AvgIpc) is 2.74. The molecule has 0 radical (unpaired) electrons. The largest absolute Gasteiger partial charge is 0.350 e. The Morgan fingerprint density at radius 3 is 2.26 bits per heavy atom. The van der Waals surface area contributed by atoms with Crippen LogP contribution in [0.5, 0.6) is 0 Å². The van der Waals surface area contributed by atoms with Crippen LogP contribution < -0.4 is 10.6 Å². The zero-order chi connectivity index (χ0) is 23.0. The number of amides is 3. The molecule has 0 aliphatic heterocycles. The van der Waals surface area contributed by atoms with Crippen molar-refractivity contribution in [3.05, 3.63) is 71.0 Å². The van der Waals surface area contributed by atoms with E-state index in [1.54, 1.807) is 31.2 Å². The summed E-state index contributed by atoms with van der Waals surface area (Å²) in [7, 11) is 0. The zero-order valence-corrected chi connectivity index (χ0v) is 18.4. The van der Waals surface area contributed by atoms with Gasteiger partial charge in [-0.05, 0) is 49.1 Å². The summed E-state index contributed by atoms with van der Waals surface area (Å²) in [5.74, 6) is -1.45. The summed E-state index contributed by atoms with van der Waals surface area (Å²) in [6.07, 6.45) is 0. The number of halogens is 1. The number of hydrogen-bond donors (Lipinski definition) is 2. The van der Waals surface area contributed by atoms with E-state index in [0.29, 0.717) is 12.1 Å². The van der Waals surface area contributed by atoms with Crippen LogP contribution in [0, 0.1) is 18.7 Å². The highest BCUT2D eigenvalue weighted by molar-refractivity contribution is 5.99. The van der Waals surface area contributed by atoms with Gasteiger partial charge in [0.05, 0.1) is 6.54 Å². The summed E-state index contributed by atoms with van der Waals surface area (Å²) < 4.78 is 13.0. The predicted molar refractivity (Wildman–Crippen MR) is 118 cm³/mol. The average molecular weight is 428 g/mol. The fourth-order valence-corrected chi connectivity index (χ4v) is 3.13. The van der Waals surface area contributed by atoms with Gasteiger partial charge in [0.25, 0.3) is 5.91 Å². The summed E-state index contributed by atoms with van der Waals surface area (Å²) in [5.41, 5.74) is 2.10. The van der Waals surface area contributed by atoms with Crippen molar-refractivity contribution < 1.29 is 18.8 Å². The molecule has 0 saturated carbocycles. The van der Waals surface area contributed by atoms with E-state index in [1.807, 2.05) is 32.9 Å². The van der Waals surface area contributed by atoms with Crippen molar-refractivity contribution in [2.24, 2.45) is 5.92 Å². The van der Waals surface area contributed by atoms with Gasteiger partial charge in [-0.2, -0.15) is 0 Å². The highest BCUT2D eigenvalue weighted by Crippen LogP contribution is 2.11. The van der Waals surface area contributed by atoms with Crippen LogP contribution in [0.15, 0.2) is 48.5 Å². The Balaban J connectivity index is 2.01. The fraction of sp³-hybridized carbons (Fsp3) is 0.375. The third-order valence-corrected chi connectivity index (χ3v) is 5.04. The van der Waals surface area contributed by atoms with Gasteiger partial charge in [-0.1, -0.05) is 44.2 Å². The summed E-state index contributed by atoms with van der Waals surface area (Å²) >= 11 is 0. The number of carbonyl (C=O) groups excluding carboxylic acids is 3. The molecule has 0 spiro atoms. The van der Waals surface area contributed by atoms with Crippen LogP contribution in [0.4, 0.5) is 4.39 Å². The molecule has 6 nitrogen and oxygen atoms in total. The molecule has 0 bridgehead atoms. The standard InChI is InChI=1S/C24H30FN3O3/c1-5-28(15-21(29)26-14-18-10-12-19(25)13-11-18)24(31)22(16(2)3)27-23(30)20-9-7-6-8-17(20)4/h6-13,16,22H,5,14-15H2,1-4H3,(H,26,29)(H,27,30). The Bertz CT molecular complexity index is 913. The van der Waals surface area contributed by atoms with Crippen molar-refractivity contribution in [3.8, 4) is 0 Å². The SMILES string of the molecule is CCN(CC(=O)NCc1ccc(F)cc1)C(=O)C(NC(=O)c1ccccc1C)C(C)C. The van der Waals surface area contributed by atoms with E-state index < -0.39 is 6.04 Å². The number of nitrogens with one attached hydrogen (secondary N) is 2. The molecule has 2 N–H and O–H groups in total. The Morgan fingerprint density at radius 2 is 1.68 bits per heavy atom. The van der Waals surface area contributed by atoms with E-state index in [1.165, 1.54) is 17.0 Å². The van der Waals surface area contributed by atoms with Gasteiger partial charge in [0.2, 0.25) is 11.8 Å².